The summed E-state index contributed by atoms with van der Waals surface area (Å²) in [5, 5.41) is 2.95. The number of hydrogen-bond donors (Lipinski definition) is 2. The second-order valence-corrected chi connectivity index (χ2v) is 5.85. The Bertz CT molecular complexity index is 586. The lowest BCUT2D eigenvalue weighted by atomic mass is 9.95. The highest BCUT2D eigenvalue weighted by atomic mass is 19.1. The number of halogens is 2. The number of rotatable bonds is 5. The van der Waals surface area contributed by atoms with Crippen LogP contribution in [-0.2, 0) is 6.42 Å². The Morgan fingerprint density at radius 1 is 1.05 bits per heavy atom. The first-order valence-corrected chi connectivity index (χ1v) is 6.94. The van der Waals surface area contributed by atoms with Crippen molar-refractivity contribution in [1.82, 2.24) is 0 Å². The van der Waals surface area contributed by atoms with E-state index in [2.05, 4.69) is 5.32 Å². The highest BCUT2D eigenvalue weighted by Crippen LogP contribution is 2.27. The first-order chi connectivity index (χ1) is 9.87. The van der Waals surface area contributed by atoms with Crippen molar-refractivity contribution in [1.29, 1.82) is 0 Å². The summed E-state index contributed by atoms with van der Waals surface area (Å²) >= 11 is 0. The van der Waals surface area contributed by atoms with Crippen LogP contribution in [0.2, 0.25) is 0 Å². The Kier molecular flexibility index (Phi) is 4.46. The standard InChI is InChI=1S/C17H20F2N2/c1-17(2,9-8-12-6-4-3-5-7-12)21-16-14(18)10-13(20)11-15(16)19/h3-7,10-11,21H,8-9,20H2,1-2H3. The predicted octanol–water partition coefficient (Wildman–Crippen LogP) is 4.37. The van der Waals surface area contributed by atoms with E-state index in [9.17, 15) is 8.78 Å². The fourth-order valence-electron chi connectivity index (χ4n) is 2.21. The first kappa shape index (κ1) is 15.3. The molecule has 0 unspecified atom stereocenters. The van der Waals surface area contributed by atoms with E-state index in [4.69, 9.17) is 5.73 Å². The summed E-state index contributed by atoms with van der Waals surface area (Å²) < 4.78 is 27.6. The van der Waals surface area contributed by atoms with Gasteiger partial charge in [-0.1, -0.05) is 30.3 Å². The van der Waals surface area contributed by atoms with Gasteiger partial charge in [-0.15, -0.1) is 0 Å². The van der Waals surface area contributed by atoms with E-state index in [0.717, 1.165) is 25.0 Å². The van der Waals surface area contributed by atoms with Gasteiger partial charge in [-0.3, -0.25) is 0 Å². The maximum absolute atomic E-state index is 13.8. The molecule has 0 bridgehead atoms. The molecule has 0 amide bonds. The van der Waals surface area contributed by atoms with E-state index < -0.39 is 17.2 Å². The van der Waals surface area contributed by atoms with Gasteiger partial charge in [-0.25, -0.2) is 8.78 Å². The second-order valence-electron chi connectivity index (χ2n) is 5.85. The molecule has 2 rings (SSSR count). The van der Waals surface area contributed by atoms with Gasteiger partial charge in [-0.2, -0.15) is 0 Å². The number of aryl methyl sites for hydroxylation is 1. The average molecular weight is 290 g/mol. The molecule has 3 N–H and O–H groups in total. The van der Waals surface area contributed by atoms with E-state index in [1.54, 1.807) is 0 Å². The van der Waals surface area contributed by atoms with Crippen LogP contribution in [0.1, 0.15) is 25.8 Å². The minimum atomic E-state index is -0.666. The van der Waals surface area contributed by atoms with Crippen molar-refractivity contribution in [3.63, 3.8) is 0 Å². The highest BCUT2D eigenvalue weighted by Gasteiger charge is 2.21. The summed E-state index contributed by atoms with van der Waals surface area (Å²) in [6.07, 6.45) is 1.58. The van der Waals surface area contributed by atoms with Crippen LogP contribution in [0.3, 0.4) is 0 Å². The van der Waals surface area contributed by atoms with E-state index in [-0.39, 0.29) is 11.4 Å². The van der Waals surface area contributed by atoms with Crippen LogP contribution in [0.25, 0.3) is 0 Å². The summed E-state index contributed by atoms with van der Waals surface area (Å²) in [7, 11) is 0. The van der Waals surface area contributed by atoms with Crippen molar-refractivity contribution in [3.05, 3.63) is 59.7 Å². The van der Waals surface area contributed by atoms with Crippen LogP contribution >= 0.6 is 0 Å². The third kappa shape index (κ3) is 4.18. The molecule has 0 atom stereocenters. The van der Waals surface area contributed by atoms with Gasteiger partial charge in [0.1, 0.15) is 5.69 Å². The zero-order valence-corrected chi connectivity index (χ0v) is 12.3. The lowest BCUT2D eigenvalue weighted by molar-refractivity contribution is 0.502. The fourth-order valence-corrected chi connectivity index (χ4v) is 2.21. The summed E-state index contributed by atoms with van der Waals surface area (Å²) in [5.74, 6) is -1.33. The van der Waals surface area contributed by atoms with Crippen LogP contribution < -0.4 is 11.1 Å². The molecule has 2 nitrogen and oxygen atoms in total. The van der Waals surface area contributed by atoms with E-state index >= 15 is 0 Å². The maximum atomic E-state index is 13.8. The van der Waals surface area contributed by atoms with Gasteiger partial charge in [0, 0.05) is 11.2 Å². The Morgan fingerprint density at radius 3 is 2.19 bits per heavy atom. The molecule has 0 spiro atoms. The van der Waals surface area contributed by atoms with Crippen molar-refractivity contribution in [2.45, 2.75) is 32.2 Å². The third-order valence-electron chi connectivity index (χ3n) is 3.41. The molecule has 0 aliphatic carbocycles. The van der Waals surface area contributed by atoms with Crippen molar-refractivity contribution < 1.29 is 8.78 Å². The van der Waals surface area contributed by atoms with Gasteiger partial charge < -0.3 is 11.1 Å². The number of nitrogen functional groups attached to an aromatic ring is 1. The number of anilines is 2. The largest absolute Gasteiger partial charge is 0.399 e. The Balaban J connectivity index is 2.07. The number of nitrogens with one attached hydrogen (secondary N) is 1. The molecule has 4 heteroatoms. The molecule has 0 aromatic heterocycles. The molecule has 0 saturated heterocycles. The van der Waals surface area contributed by atoms with Gasteiger partial charge in [-0.05, 0) is 44.4 Å². The molecule has 0 saturated carbocycles. The first-order valence-electron chi connectivity index (χ1n) is 6.94. The molecule has 0 aliphatic heterocycles. The maximum Gasteiger partial charge on any atom is 0.151 e. The molecule has 21 heavy (non-hydrogen) atoms. The van der Waals surface area contributed by atoms with Gasteiger partial charge in [0.2, 0.25) is 0 Å². The normalized spacial score (nSPS) is 11.4. The second kappa shape index (κ2) is 6.12. The predicted molar refractivity (Wildman–Crippen MR) is 83.2 cm³/mol. The Morgan fingerprint density at radius 2 is 1.62 bits per heavy atom. The monoisotopic (exact) mass is 290 g/mol. The summed E-state index contributed by atoms with van der Waals surface area (Å²) in [6.45, 7) is 3.84. The third-order valence-corrected chi connectivity index (χ3v) is 3.41. The van der Waals surface area contributed by atoms with Crippen molar-refractivity contribution >= 4 is 11.4 Å². The van der Waals surface area contributed by atoms with Gasteiger partial charge in [0.05, 0.1) is 0 Å². The zero-order chi connectivity index (χ0) is 15.5. The van der Waals surface area contributed by atoms with Crippen LogP contribution in [0, 0.1) is 11.6 Å². The number of nitrogens with two attached hydrogens (primary N) is 1. The number of benzene rings is 2. The molecular formula is C17H20F2N2. The molecule has 0 radical (unpaired) electrons. The topological polar surface area (TPSA) is 38.0 Å². The Hall–Kier alpha value is -2.10. The SMILES string of the molecule is CC(C)(CCc1ccccc1)Nc1c(F)cc(N)cc1F. The minimum absolute atomic E-state index is 0.0811. The molecule has 2 aromatic rings. The van der Waals surface area contributed by atoms with Crippen LogP contribution in [0.15, 0.2) is 42.5 Å². The van der Waals surface area contributed by atoms with E-state index in [1.165, 1.54) is 5.56 Å². The lowest BCUT2D eigenvalue weighted by Crippen LogP contribution is -2.32. The van der Waals surface area contributed by atoms with Gasteiger partial charge in [0.25, 0.3) is 0 Å². The molecule has 0 aliphatic rings. The van der Waals surface area contributed by atoms with Crippen LogP contribution in [0.5, 0.6) is 0 Å². The highest BCUT2D eigenvalue weighted by molar-refractivity contribution is 5.55. The molecule has 0 heterocycles. The van der Waals surface area contributed by atoms with E-state index in [0.29, 0.717) is 0 Å². The minimum Gasteiger partial charge on any atom is -0.399 e. The smallest absolute Gasteiger partial charge is 0.151 e. The molecular weight excluding hydrogens is 270 g/mol. The van der Waals surface area contributed by atoms with Gasteiger partial charge in [0.15, 0.2) is 11.6 Å². The molecule has 112 valence electrons. The summed E-state index contributed by atoms with van der Waals surface area (Å²) in [5.41, 5.74) is 6.14. The van der Waals surface area contributed by atoms with Gasteiger partial charge >= 0.3 is 0 Å². The van der Waals surface area contributed by atoms with Crippen molar-refractivity contribution in [2.75, 3.05) is 11.1 Å². The lowest BCUT2D eigenvalue weighted by Gasteiger charge is -2.28. The van der Waals surface area contributed by atoms with Crippen molar-refractivity contribution in [3.8, 4) is 0 Å². The average Bonchev–Trinajstić information content (AvgIpc) is 2.42. The van der Waals surface area contributed by atoms with Crippen LogP contribution in [0.4, 0.5) is 20.2 Å². The zero-order valence-electron chi connectivity index (χ0n) is 12.3. The fraction of sp³-hybridized carbons (Fsp3) is 0.294. The summed E-state index contributed by atoms with van der Waals surface area (Å²) in [4.78, 5) is 0. The quantitative estimate of drug-likeness (QED) is 0.802. The van der Waals surface area contributed by atoms with E-state index in [1.807, 2.05) is 44.2 Å². The number of hydrogen-bond acceptors (Lipinski definition) is 2. The molecule has 2 aromatic carbocycles. The Labute approximate surface area is 124 Å². The summed E-state index contributed by atoms with van der Waals surface area (Å²) in [6, 6.07) is 12.3. The van der Waals surface area contributed by atoms with Crippen molar-refractivity contribution in [2.24, 2.45) is 0 Å². The van der Waals surface area contributed by atoms with Crippen LogP contribution in [-0.4, -0.2) is 5.54 Å². The molecule has 0 fully saturated rings.